The predicted molar refractivity (Wildman–Crippen MR) is 97.4 cm³/mol. The SMILES string of the molecule is Brc1ccc2c(c1)-c1ccc3cc4ccccc4cc3c1C2. The van der Waals surface area contributed by atoms with E-state index in [0.29, 0.717) is 0 Å². The van der Waals surface area contributed by atoms with Gasteiger partial charge in [0.25, 0.3) is 0 Å². The first kappa shape index (κ1) is 12.4. The summed E-state index contributed by atoms with van der Waals surface area (Å²) in [4.78, 5) is 0. The van der Waals surface area contributed by atoms with Gasteiger partial charge in [0.2, 0.25) is 0 Å². The Morgan fingerprint density at radius 3 is 2.36 bits per heavy atom. The molecule has 5 rings (SSSR count). The van der Waals surface area contributed by atoms with Crippen molar-refractivity contribution in [3.8, 4) is 11.1 Å². The molecule has 0 heterocycles. The molecule has 0 saturated carbocycles. The first-order chi connectivity index (χ1) is 10.8. The molecule has 1 aliphatic carbocycles. The Morgan fingerprint density at radius 2 is 1.50 bits per heavy atom. The molecule has 1 aliphatic rings. The average molecular weight is 345 g/mol. The number of halogens is 1. The highest BCUT2D eigenvalue weighted by Crippen LogP contribution is 2.42. The molecule has 4 aromatic rings. The minimum Gasteiger partial charge on any atom is -0.0616 e. The number of rotatable bonds is 0. The summed E-state index contributed by atoms with van der Waals surface area (Å²) in [5.74, 6) is 0. The lowest BCUT2D eigenvalue weighted by molar-refractivity contribution is 1.28. The van der Waals surface area contributed by atoms with Crippen LogP contribution < -0.4 is 0 Å². The van der Waals surface area contributed by atoms with Crippen molar-refractivity contribution in [3.05, 3.63) is 82.3 Å². The van der Waals surface area contributed by atoms with Crippen LogP contribution in [0.4, 0.5) is 0 Å². The van der Waals surface area contributed by atoms with Crippen LogP contribution >= 0.6 is 15.9 Å². The summed E-state index contributed by atoms with van der Waals surface area (Å²) >= 11 is 3.60. The molecule has 0 saturated heterocycles. The molecule has 0 fully saturated rings. The van der Waals surface area contributed by atoms with Crippen LogP contribution in [0.5, 0.6) is 0 Å². The van der Waals surface area contributed by atoms with Gasteiger partial charge in [-0.05, 0) is 74.5 Å². The van der Waals surface area contributed by atoms with E-state index in [2.05, 4.69) is 82.7 Å². The van der Waals surface area contributed by atoms with Crippen LogP contribution in [0.2, 0.25) is 0 Å². The quantitative estimate of drug-likeness (QED) is 0.288. The Kier molecular flexibility index (Phi) is 2.51. The van der Waals surface area contributed by atoms with E-state index in [1.165, 1.54) is 43.8 Å². The summed E-state index contributed by atoms with van der Waals surface area (Å²) in [6.45, 7) is 0. The van der Waals surface area contributed by atoms with Crippen LogP contribution in [0.15, 0.2) is 71.2 Å². The van der Waals surface area contributed by atoms with Crippen molar-refractivity contribution in [2.45, 2.75) is 6.42 Å². The zero-order chi connectivity index (χ0) is 14.7. The van der Waals surface area contributed by atoms with Crippen LogP contribution in [0.25, 0.3) is 32.7 Å². The van der Waals surface area contributed by atoms with Gasteiger partial charge in [0, 0.05) is 4.47 Å². The van der Waals surface area contributed by atoms with Gasteiger partial charge in [0.05, 0.1) is 0 Å². The third-order valence-electron chi connectivity index (χ3n) is 4.73. The number of hydrogen-bond donors (Lipinski definition) is 0. The van der Waals surface area contributed by atoms with E-state index in [1.54, 1.807) is 0 Å². The van der Waals surface area contributed by atoms with Gasteiger partial charge in [-0.25, -0.2) is 0 Å². The lowest BCUT2D eigenvalue weighted by Gasteiger charge is -2.08. The predicted octanol–water partition coefficient (Wildman–Crippen LogP) is 6.33. The van der Waals surface area contributed by atoms with Crippen molar-refractivity contribution in [1.29, 1.82) is 0 Å². The Morgan fingerprint density at radius 1 is 0.682 bits per heavy atom. The molecule has 0 bridgehead atoms. The van der Waals surface area contributed by atoms with Gasteiger partial charge in [-0.1, -0.05) is 58.4 Å². The van der Waals surface area contributed by atoms with Crippen molar-refractivity contribution in [1.82, 2.24) is 0 Å². The fourth-order valence-corrected chi connectivity index (χ4v) is 4.02. The van der Waals surface area contributed by atoms with Crippen molar-refractivity contribution in [2.75, 3.05) is 0 Å². The van der Waals surface area contributed by atoms with E-state index in [1.807, 2.05) is 0 Å². The van der Waals surface area contributed by atoms with Gasteiger partial charge in [0.1, 0.15) is 0 Å². The fraction of sp³-hybridized carbons (Fsp3) is 0.0476. The summed E-state index contributed by atoms with van der Waals surface area (Å²) in [7, 11) is 0. The summed E-state index contributed by atoms with van der Waals surface area (Å²) in [6, 6.07) is 24.4. The molecule has 22 heavy (non-hydrogen) atoms. The topological polar surface area (TPSA) is 0 Å². The van der Waals surface area contributed by atoms with Crippen LogP contribution in [0, 0.1) is 0 Å². The van der Waals surface area contributed by atoms with Crippen molar-refractivity contribution < 1.29 is 0 Å². The van der Waals surface area contributed by atoms with Crippen molar-refractivity contribution in [2.24, 2.45) is 0 Å². The lowest BCUT2D eigenvalue weighted by Crippen LogP contribution is -1.85. The maximum absolute atomic E-state index is 3.60. The molecule has 0 aromatic heterocycles. The molecule has 0 radical (unpaired) electrons. The molecule has 1 heteroatoms. The van der Waals surface area contributed by atoms with E-state index in [4.69, 9.17) is 0 Å². The minimum atomic E-state index is 1.04. The van der Waals surface area contributed by atoms with Crippen LogP contribution in [-0.2, 0) is 6.42 Å². The largest absolute Gasteiger partial charge is 0.0616 e. The first-order valence-electron chi connectivity index (χ1n) is 7.53. The van der Waals surface area contributed by atoms with E-state index in [0.717, 1.165) is 10.9 Å². The molecule has 0 amide bonds. The Bertz CT molecular complexity index is 1060. The Hall–Kier alpha value is -2.12. The average Bonchev–Trinajstić information content (AvgIpc) is 2.91. The van der Waals surface area contributed by atoms with Gasteiger partial charge in [-0.15, -0.1) is 0 Å². The summed E-state index contributed by atoms with van der Waals surface area (Å²) in [6.07, 6.45) is 1.04. The molecule has 0 N–H and O–H groups in total. The highest BCUT2D eigenvalue weighted by atomic mass is 79.9. The summed E-state index contributed by atoms with van der Waals surface area (Å²) < 4.78 is 1.15. The van der Waals surface area contributed by atoms with E-state index >= 15 is 0 Å². The molecule has 0 unspecified atom stereocenters. The smallest absolute Gasteiger partial charge is 0.0181 e. The van der Waals surface area contributed by atoms with Gasteiger partial charge in [-0.2, -0.15) is 0 Å². The van der Waals surface area contributed by atoms with Crippen molar-refractivity contribution >= 4 is 37.5 Å². The second-order valence-electron chi connectivity index (χ2n) is 5.99. The van der Waals surface area contributed by atoms with E-state index in [-0.39, 0.29) is 0 Å². The van der Waals surface area contributed by atoms with Crippen LogP contribution in [0.1, 0.15) is 11.1 Å². The first-order valence-corrected chi connectivity index (χ1v) is 8.32. The number of fused-ring (bicyclic) bond motifs is 6. The highest BCUT2D eigenvalue weighted by molar-refractivity contribution is 9.10. The maximum Gasteiger partial charge on any atom is 0.0181 e. The normalized spacial score (nSPS) is 12.6. The molecule has 0 spiro atoms. The monoisotopic (exact) mass is 344 g/mol. The molecule has 104 valence electrons. The van der Waals surface area contributed by atoms with E-state index < -0.39 is 0 Å². The molecule has 0 atom stereocenters. The van der Waals surface area contributed by atoms with E-state index in [9.17, 15) is 0 Å². The zero-order valence-corrected chi connectivity index (χ0v) is 13.5. The zero-order valence-electron chi connectivity index (χ0n) is 11.9. The molecular weight excluding hydrogens is 332 g/mol. The number of hydrogen-bond acceptors (Lipinski definition) is 0. The van der Waals surface area contributed by atoms with Gasteiger partial charge >= 0.3 is 0 Å². The summed E-state index contributed by atoms with van der Waals surface area (Å²) in [5, 5.41) is 5.36. The lowest BCUT2D eigenvalue weighted by atomic mass is 9.96. The third-order valence-corrected chi connectivity index (χ3v) is 5.22. The number of benzene rings is 4. The molecule has 0 nitrogen and oxygen atoms in total. The third kappa shape index (κ3) is 1.69. The Labute approximate surface area is 137 Å². The maximum atomic E-state index is 3.60. The Balaban J connectivity index is 1.87. The van der Waals surface area contributed by atoms with Crippen LogP contribution in [0.3, 0.4) is 0 Å². The highest BCUT2D eigenvalue weighted by Gasteiger charge is 2.20. The summed E-state index contributed by atoms with van der Waals surface area (Å²) in [5.41, 5.74) is 5.66. The van der Waals surface area contributed by atoms with Crippen molar-refractivity contribution in [3.63, 3.8) is 0 Å². The minimum absolute atomic E-state index is 1.04. The van der Waals surface area contributed by atoms with Gasteiger partial charge in [-0.3, -0.25) is 0 Å². The van der Waals surface area contributed by atoms with Gasteiger partial charge in [0.15, 0.2) is 0 Å². The van der Waals surface area contributed by atoms with Gasteiger partial charge < -0.3 is 0 Å². The fourth-order valence-electron chi connectivity index (χ4n) is 3.66. The standard InChI is InChI=1S/C21H13Br/c22-17-7-5-16-11-21-18(20(16)12-17)8-6-15-9-13-3-1-2-4-14(13)10-19(15)21/h1-10,12H,11H2. The molecule has 4 aromatic carbocycles. The van der Waals surface area contributed by atoms with Crippen LogP contribution in [-0.4, -0.2) is 0 Å². The molecular formula is C21H13Br. The second kappa shape index (κ2) is 4.44. The second-order valence-corrected chi connectivity index (χ2v) is 6.91. The molecule has 0 aliphatic heterocycles.